The van der Waals surface area contributed by atoms with Crippen molar-refractivity contribution in [1.29, 1.82) is 0 Å². The Bertz CT molecular complexity index is 940. The van der Waals surface area contributed by atoms with E-state index in [1.54, 1.807) is 17.7 Å². The van der Waals surface area contributed by atoms with Gasteiger partial charge in [0.2, 0.25) is 0 Å². The third kappa shape index (κ3) is 3.99. The lowest BCUT2D eigenvalue weighted by atomic mass is 10.2. The van der Waals surface area contributed by atoms with Crippen LogP contribution < -0.4 is 4.74 Å². The van der Waals surface area contributed by atoms with E-state index in [0.717, 1.165) is 11.3 Å². The predicted octanol–water partition coefficient (Wildman–Crippen LogP) is 2.99. The third-order valence-electron chi connectivity index (χ3n) is 3.58. The van der Waals surface area contributed by atoms with Crippen LogP contribution in [0.5, 0.6) is 5.75 Å². The van der Waals surface area contributed by atoms with E-state index in [1.165, 1.54) is 0 Å². The van der Waals surface area contributed by atoms with E-state index in [1.807, 2.05) is 52.0 Å². The minimum Gasteiger partial charge on any atom is -0.497 e. The molecule has 7 nitrogen and oxygen atoms in total. The van der Waals surface area contributed by atoms with Crippen LogP contribution in [0, 0.1) is 6.92 Å². The van der Waals surface area contributed by atoms with Crippen LogP contribution in [0.25, 0.3) is 17.0 Å². The van der Waals surface area contributed by atoms with Crippen LogP contribution in [0.2, 0.25) is 0 Å². The molecule has 0 aliphatic carbocycles. The maximum Gasteiger partial charge on any atom is 0.312 e. The number of aromatic nitrogens is 4. The number of fused-ring (bicyclic) bond motifs is 1. The number of rotatable bonds is 4. The van der Waals surface area contributed by atoms with Crippen LogP contribution in [-0.4, -0.2) is 38.3 Å². The van der Waals surface area contributed by atoms with Gasteiger partial charge in [0.05, 0.1) is 19.2 Å². The summed E-state index contributed by atoms with van der Waals surface area (Å²) in [6, 6.07) is 9.26. The predicted molar refractivity (Wildman–Crippen MR) is 97.1 cm³/mol. The fourth-order valence-electron chi connectivity index (χ4n) is 2.59. The summed E-state index contributed by atoms with van der Waals surface area (Å²) < 4.78 is 12.3. The van der Waals surface area contributed by atoms with Gasteiger partial charge in [-0.25, -0.2) is 9.97 Å². The second kappa shape index (κ2) is 6.74. The van der Waals surface area contributed by atoms with Gasteiger partial charge in [0.1, 0.15) is 17.2 Å². The lowest BCUT2D eigenvalue weighted by Crippen LogP contribution is -2.25. The highest BCUT2D eigenvalue weighted by molar-refractivity contribution is 5.73. The number of esters is 1. The van der Waals surface area contributed by atoms with Gasteiger partial charge in [-0.2, -0.15) is 4.52 Å². The number of carbonyl (C=O) groups excluding carboxylic acids is 1. The smallest absolute Gasteiger partial charge is 0.312 e. The number of hydrogen-bond donors (Lipinski definition) is 0. The average Bonchev–Trinajstić information content (AvgIpc) is 2.92. The monoisotopic (exact) mass is 354 g/mol. The van der Waals surface area contributed by atoms with Crippen LogP contribution in [0.3, 0.4) is 0 Å². The molecule has 1 aromatic carbocycles. The van der Waals surface area contributed by atoms with Crippen molar-refractivity contribution in [2.45, 2.75) is 39.7 Å². The van der Waals surface area contributed by atoms with E-state index in [0.29, 0.717) is 23.0 Å². The van der Waals surface area contributed by atoms with Crippen molar-refractivity contribution in [2.75, 3.05) is 7.11 Å². The third-order valence-corrected chi connectivity index (χ3v) is 3.58. The zero-order chi connectivity index (χ0) is 18.9. The van der Waals surface area contributed by atoms with Gasteiger partial charge in [-0.15, -0.1) is 5.10 Å². The van der Waals surface area contributed by atoms with Gasteiger partial charge in [-0.05, 0) is 52.0 Å². The minimum absolute atomic E-state index is 0.0723. The molecule has 3 aromatic rings. The number of aryl methyl sites for hydroxylation is 1. The number of hydrogen-bond acceptors (Lipinski definition) is 6. The molecular formula is C19H22N4O3. The Morgan fingerprint density at radius 1 is 1.15 bits per heavy atom. The maximum atomic E-state index is 12.2. The molecule has 0 fully saturated rings. The van der Waals surface area contributed by atoms with Crippen molar-refractivity contribution < 1.29 is 14.3 Å². The Balaban J connectivity index is 2.02. The topological polar surface area (TPSA) is 78.6 Å². The van der Waals surface area contributed by atoms with E-state index in [-0.39, 0.29) is 12.4 Å². The summed E-state index contributed by atoms with van der Waals surface area (Å²) in [5, 5.41) is 4.41. The Morgan fingerprint density at radius 3 is 2.46 bits per heavy atom. The van der Waals surface area contributed by atoms with Crippen LogP contribution in [-0.2, 0) is 16.0 Å². The molecule has 0 radical (unpaired) electrons. The average molecular weight is 354 g/mol. The first-order valence-corrected chi connectivity index (χ1v) is 8.35. The largest absolute Gasteiger partial charge is 0.497 e. The van der Waals surface area contributed by atoms with Crippen LogP contribution in [0.4, 0.5) is 0 Å². The van der Waals surface area contributed by atoms with Crippen LogP contribution in [0.15, 0.2) is 30.3 Å². The van der Waals surface area contributed by atoms with E-state index in [9.17, 15) is 4.79 Å². The zero-order valence-electron chi connectivity index (χ0n) is 15.6. The van der Waals surface area contributed by atoms with Crippen LogP contribution >= 0.6 is 0 Å². The molecule has 26 heavy (non-hydrogen) atoms. The minimum atomic E-state index is -0.536. The Morgan fingerprint density at radius 2 is 1.85 bits per heavy atom. The van der Waals surface area contributed by atoms with Gasteiger partial charge >= 0.3 is 5.97 Å². The standard InChI is InChI=1S/C19H22N4O3/c1-12-20-16-10-14(11-17(24)26-19(2,3)4)21-18(23(16)22-12)13-6-8-15(25-5)9-7-13/h6-10H,11H2,1-5H3. The molecule has 2 heterocycles. The molecule has 0 saturated heterocycles. The molecule has 3 rings (SSSR count). The first-order chi connectivity index (χ1) is 12.2. The highest BCUT2D eigenvalue weighted by Crippen LogP contribution is 2.22. The fraction of sp³-hybridized carbons (Fsp3) is 0.368. The fourth-order valence-corrected chi connectivity index (χ4v) is 2.59. The first-order valence-electron chi connectivity index (χ1n) is 8.35. The Kier molecular flexibility index (Phi) is 4.63. The molecule has 7 heteroatoms. The van der Waals surface area contributed by atoms with E-state index in [2.05, 4.69) is 15.1 Å². The lowest BCUT2D eigenvalue weighted by Gasteiger charge is -2.19. The number of benzene rings is 1. The molecule has 136 valence electrons. The Labute approximate surface area is 152 Å². The van der Waals surface area contributed by atoms with Gasteiger partial charge in [-0.1, -0.05) is 0 Å². The molecule has 0 saturated carbocycles. The molecule has 0 aliphatic rings. The van der Waals surface area contributed by atoms with E-state index < -0.39 is 5.60 Å². The normalized spacial score (nSPS) is 11.6. The molecule has 2 aromatic heterocycles. The van der Waals surface area contributed by atoms with Crippen molar-refractivity contribution >= 4 is 11.6 Å². The summed E-state index contributed by atoms with van der Waals surface area (Å²) in [7, 11) is 1.62. The molecule has 0 spiro atoms. The number of carbonyl (C=O) groups is 1. The second-order valence-electron chi connectivity index (χ2n) is 6.99. The van der Waals surface area contributed by atoms with Gasteiger partial charge in [0.25, 0.3) is 0 Å². The van der Waals surface area contributed by atoms with Gasteiger partial charge in [-0.3, -0.25) is 4.79 Å². The van der Waals surface area contributed by atoms with Crippen molar-refractivity contribution in [3.05, 3.63) is 41.9 Å². The van der Waals surface area contributed by atoms with Crippen molar-refractivity contribution in [2.24, 2.45) is 0 Å². The molecule has 0 aliphatic heterocycles. The van der Waals surface area contributed by atoms with Gasteiger partial charge < -0.3 is 9.47 Å². The Hall–Kier alpha value is -2.96. The highest BCUT2D eigenvalue weighted by Gasteiger charge is 2.19. The zero-order valence-corrected chi connectivity index (χ0v) is 15.6. The van der Waals surface area contributed by atoms with E-state index in [4.69, 9.17) is 9.47 Å². The molecule has 0 N–H and O–H groups in total. The van der Waals surface area contributed by atoms with Crippen molar-refractivity contribution in [3.63, 3.8) is 0 Å². The molecule has 0 unspecified atom stereocenters. The summed E-state index contributed by atoms with van der Waals surface area (Å²) in [5.74, 6) is 1.68. The number of methoxy groups -OCH3 is 1. The lowest BCUT2D eigenvalue weighted by molar-refractivity contribution is -0.153. The number of ether oxygens (including phenoxy) is 2. The summed E-state index contributed by atoms with van der Waals surface area (Å²) in [4.78, 5) is 21.2. The highest BCUT2D eigenvalue weighted by atomic mass is 16.6. The van der Waals surface area contributed by atoms with Crippen LogP contribution in [0.1, 0.15) is 32.3 Å². The van der Waals surface area contributed by atoms with Crippen molar-refractivity contribution in [1.82, 2.24) is 19.6 Å². The first kappa shape index (κ1) is 17.8. The SMILES string of the molecule is COc1ccc(-c2nc(CC(=O)OC(C)(C)C)cc3nc(C)nn23)cc1. The van der Waals surface area contributed by atoms with Gasteiger partial charge in [0.15, 0.2) is 11.5 Å². The molecular weight excluding hydrogens is 332 g/mol. The number of nitrogens with zero attached hydrogens (tertiary/aromatic N) is 4. The summed E-state index contributed by atoms with van der Waals surface area (Å²) in [5.41, 5.74) is 1.55. The summed E-state index contributed by atoms with van der Waals surface area (Å²) >= 11 is 0. The van der Waals surface area contributed by atoms with Gasteiger partial charge in [0, 0.05) is 11.6 Å². The quantitative estimate of drug-likeness (QED) is 0.670. The molecule has 0 atom stereocenters. The second-order valence-corrected chi connectivity index (χ2v) is 6.99. The summed E-state index contributed by atoms with van der Waals surface area (Å²) in [6.45, 7) is 7.34. The summed E-state index contributed by atoms with van der Waals surface area (Å²) in [6.07, 6.45) is 0.0723. The van der Waals surface area contributed by atoms with E-state index >= 15 is 0 Å². The maximum absolute atomic E-state index is 12.2. The molecule has 0 amide bonds. The van der Waals surface area contributed by atoms with Crippen molar-refractivity contribution in [3.8, 4) is 17.1 Å². The molecule has 0 bridgehead atoms.